The molecule has 0 bridgehead atoms. The molecule has 30 heavy (non-hydrogen) atoms. The van der Waals surface area contributed by atoms with Gasteiger partial charge in [0, 0.05) is 24.3 Å². The maximum absolute atomic E-state index is 12.6. The molecule has 0 aromatic heterocycles. The van der Waals surface area contributed by atoms with E-state index in [-0.39, 0.29) is 21.5 Å². The first-order chi connectivity index (χ1) is 14.1. The summed E-state index contributed by atoms with van der Waals surface area (Å²) in [6.45, 7) is 6.04. The van der Waals surface area contributed by atoms with Crippen LogP contribution in [0.4, 0.5) is 5.69 Å². The minimum absolute atomic E-state index is 0.152. The summed E-state index contributed by atoms with van der Waals surface area (Å²) in [6, 6.07) is 8.87. The summed E-state index contributed by atoms with van der Waals surface area (Å²) >= 11 is 6.27. The number of anilines is 1. The maximum Gasteiger partial charge on any atom is 0.255 e. The van der Waals surface area contributed by atoms with Crippen molar-refractivity contribution in [2.24, 2.45) is 0 Å². The van der Waals surface area contributed by atoms with Crippen LogP contribution < -0.4 is 14.8 Å². The van der Waals surface area contributed by atoms with E-state index in [0.717, 1.165) is 6.42 Å². The van der Waals surface area contributed by atoms with Gasteiger partial charge in [-0.3, -0.25) is 4.79 Å². The van der Waals surface area contributed by atoms with E-state index < -0.39 is 15.9 Å². The number of ether oxygens (including phenoxy) is 2. The number of nitrogens with one attached hydrogen (secondary N) is 1. The first-order valence-electron chi connectivity index (χ1n) is 9.51. The molecular weight excluding hydrogens is 428 g/mol. The first kappa shape index (κ1) is 24.0. The summed E-state index contributed by atoms with van der Waals surface area (Å²) in [5.74, 6) is 0.341. The van der Waals surface area contributed by atoms with Crippen molar-refractivity contribution in [3.05, 3.63) is 47.0 Å². The molecule has 1 N–H and O–H groups in total. The number of carbonyl (C=O) groups is 1. The van der Waals surface area contributed by atoms with E-state index in [1.807, 2.05) is 6.92 Å². The number of hydrogen-bond acceptors (Lipinski definition) is 5. The van der Waals surface area contributed by atoms with Gasteiger partial charge in [0.2, 0.25) is 10.0 Å². The van der Waals surface area contributed by atoms with Crippen molar-refractivity contribution in [3.8, 4) is 11.5 Å². The number of benzene rings is 2. The lowest BCUT2D eigenvalue weighted by Gasteiger charge is -2.21. The average molecular weight is 455 g/mol. The van der Waals surface area contributed by atoms with Crippen molar-refractivity contribution in [3.63, 3.8) is 0 Å². The van der Waals surface area contributed by atoms with Crippen LogP contribution in [0.2, 0.25) is 5.02 Å². The van der Waals surface area contributed by atoms with Crippen LogP contribution in [0.1, 0.15) is 37.6 Å². The van der Waals surface area contributed by atoms with E-state index >= 15 is 0 Å². The molecule has 2 aromatic carbocycles. The lowest BCUT2D eigenvalue weighted by Crippen LogP contribution is -2.33. The summed E-state index contributed by atoms with van der Waals surface area (Å²) < 4.78 is 37.3. The Balaban J connectivity index is 2.21. The van der Waals surface area contributed by atoms with Crippen LogP contribution in [0.3, 0.4) is 0 Å². The second-order valence-electron chi connectivity index (χ2n) is 6.93. The van der Waals surface area contributed by atoms with Crippen molar-refractivity contribution >= 4 is 33.2 Å². The number of sulfonamides is 1. The molecule has 9 heteroatoms. The molecule has 0 atom stereocenters. The topological polar surface area (TPSA) is 84.9 Å². The molecule has 2 aromatic rings. The summed E-state index contributed by atoms with van der Waals surface area (Å²) in [7, 11) is -0.590. The van der Waals surface area contributed by atoms with Crippen molar-refractivity contribution in [1.29, 1.82) is 0 Å². The van der Waals surface area contributed by atoms with Gasteiger partial charge in [-0.25, -0.2) is 8.42 Å². The fourth-order valence-electron chi connectivity index (χ4n) is 2.55. The SMILES string of the molecule is CCCOc1c(Cl)cc(C(=O)Nc2ccc(S(=O)(=O)N(C)C(C)C)cc2)cc1OC. The molecule has 0 saturated heterocycles. The molecule has 2 rings (SSSR count). The summed E-state index contributed by atoms with van der Waals surface area (Å²) in [5, 5.41) is 3.00. The highest BCUT2D eigenvalue weighted by atomic mass is 35.5. The Kier molecular flexibility index (Phi) is 8.11. The number of halogens is 1. The molecule has 0 unspecified atom stereocenters. The van der Waals surface area contributed by atoms with E-state index in [9.17, 15) is 13.2 Å². The lowest BCUT2D eigenvalue weighted by atomic mass is 10.1. The highest BCUT2D eigenvalue weighted by molar-refractivity contribution is 7.89. The van der Waals surface area contributed by atoms with Gasteiger partial charge in [0.1, 0.15) is 0 Å². The molecule has 0 saturated carbocycles. The van der Waals surface area contributed by atoms with Crippen LogP contribution in [0.5, 0.6) is 11.5 Å². The summed E-state index contributed by atoms with van der Waals surface area (Å²) in [6.07, 6.45) is 0.806. The molecule has 0 spiro atoms. The molecule has 0 radical (unpaired) electrons. The normalized spacial score (nSPS) is 11.6. The number of methoxy groups -OCH3 is 1. The molecule has 1 amide bonds. The average Bonchev–Trinajstić information content (AvgIpc) is 2.71. The zero-order chi connectivity index (χ0) is 22.5. The van der Waals surface area contributed by atoms with Crippen molar-refractivity contribution in [1.82, 2.24) is 4.31 Å². The zero-order valence-corrected chi connectivity index (χ0v) is 19.3. The number of rotatable bonds is 9. The van der Waals surface area contributed by atoms with Gasteiger partial charge in [-0.05, 0) is 56.7 Å². The Morgan fingerprint density at radius 1 is 1.20 bits per heavy atom. The van der Waals surface area contributed by atoms with E-state index in [1.165, 1.54) is 48.8 Å². The number of hydrogen-bond donors (Lipinski definition) is 1. The standard InChI is InChI=1S/C21H27ClN2O5S/c1-6-11-29-20-18(22)12-15(13-19(20)28-5)21(25)23-16-7-9-17(10-8-16)30(26,27)24(4)14(2)3/h7-10,12-14H,6,11H2,1-5H3,(H,23,25). The van der Waals surface area contributed by atoms with Crippen molar-refractivity contribution < 1.29 is 22.7 Å². The van der Waals surface area contributed by atoms with Crippen LogP contribution in [0.25, 0.3) is 0 Å². The van der Waals surface area contributed by atoms with Crippen molar-refractivity contribution in [2.75, 3.05) is 26.1 Å². The van der Waals surface area contributed by atoms with E-state index in [0.29, 0.717) is 23.8 Å². The molecule has 0 aliphatic carbocycles. The number of carbonyl (C=O) groups excluding carboxylic acids is 1. The Morgan fingerprint density at radius 2 is 1.83 bits per heavy atom. The molecule has 0 heterocycles. The molecule has 0 aliphatic rings. The molecule has 0 aliphatic heterocycles. The van der Waals surface area contributed by atoms with Gasteiger partial charge in [-0.15, -0.1) is 0 Å². The van der Waals surface area contributed by atoms with Gasteiger partial charge in [-0.2, -0.15) is 4.31 Å². The monoisotopic (exact) mass is 454 g/mol. The summed E-state index contributed by atoms with van der Waals surface area (Å²) in [4.78, 5) is 12.8. The number of amides is 1. The molecular formula is C21H27ClN2O5S. The van der Waals surface area contributed by atoms with Gasteiger partial charge in [0.25, 0.3) is 5.91 Å². The third-order valence-electron chi connectivity index (χ3n) is 4.46. The zero-order valence-electron chi connectivity index (χ0n) is 17.7. The highest BCUT2D eigenvalue weighted by Gasteiger charge is 2.23. The minimum Gasteiger partial charge on any atom is -0.493 e. The van der Waals surface area contributed by atoms with Crippen LogP contribution in [-0.2, 0) is 10.0 Å². The first-order valence-corrected chi connectivity index (χ1v) is 11.3. The van der Waals surface area contributed by atoms with Gasteiger partial charge in [0.15, 0.2) is 11.5 Å². The van der Waals surface area contributed by atoms with Gasteiger partial charge in [-0.1, -0.05) is 18.5 Å². The van der Waals surface area contributed by atoms with Crippen LogP contribution in [0.15, 0.2) is 41.3 Å². The summed E-state index contributed by atoms with van der Waals surface area (Å²) in [5.41, 5.74) is 0.740. The Labute approximate surface area is 183 Å². The van der Waals surface area contributed by atoms with E-state index in [2.05, 4.69) is 5.32 Å². The third kappa shape index (κ3) is 5.44. The fourth-order valence-corrected chi connectivity index (χ4v) is 4.19. The fraction of sp³-hybridized carbons (Fsp3) is 0.381. The second kappa shape index (κ2) is 10.1. The Hall–Kier alpha value is -2.29. The lowest BCUT2D eigenvalue weighted by molar-refractivity contribution is 0.102. The number of nitrogens with zero attached hydrogens (tertiary/aromatic N) is 1. The van der Waals surface area contributed by atoms with Crippen LogP contribution >= 0.6 is 11.6 Å². The predicted molar refractivity (Wildman–Crippen MR) is 118 cm³/mol. The van der Waals surface area contributed by atoms with Gasteiger partial charge < -0.3 is 14.8 Å². The van der Waals surface area contributed by atoms with Crippen molar-refractivity contribution in [2.45, 2.75) is 38.1 Å². The largest absolute Gasteiger partial charge is 0.493 e. The third-order valence-corrected chi connectivity index (χ3v) is 6.79. The second-order valence-corrected chi connectivity index (χ2v) is 9.34. The highest BCUT2D eigenvalue weighted by Crippen LogP contribution is 2.36. The quantitative estimate of drug-likeness (QED) is 0.606. The van der Waals surface area contributed by atoms with E-state index in [4.69, 9.17) is 21.1 Å². The molecule has 0 fully saturated rings. The maximum atomic E-state index is 12.6. The smallest absolute Gasteiger partial charge is 0.255 e. The van der Waals surface area contributed by atoms with Gasteiger partial charge >= 0.3 is 0 Å². The molecule has 164 valence electrons. The van der Waals surface area contributed by atoms with Gasteiger partial charge in [0.05, 0.1) is 23.6 Å². The van der Waals surface area contributed by atoms with E-state index in [1.54, 1.807) is 19.9 Å². The molecule has 7 nitrogen and oxygen atoms in total. The predicted octanol–water partition coefficient (Wildman–Crippen LogP) is 4.42. The minimum atomic E-state index is -3.59. The Morgan fingerprint density at radius 3 is 2.37 bits per heavy atom. The van der Waals surface area contributed by atoms with Crippen LogP contribution in [-0.4, -0.2) is 45.4 Å². The van der Waals surface area contributed by atoms with Crippen LogP contribution in [0, 0.1) is 0 Å². The Bertz CT molecular complexity index is 991.